The highest BCUT2D eigenvalue weighted by Gasteiger charge is 2.11. The number of para-hydroxylation sites is 1. The molecule has 4 heteroatoms. The summed E-state index contributed by atoms with van der Waals surface area (Å²) in [6, 6.07) is 13.0. The topological polar surface area (TPSA) is 43.1 Å². The molecule has 1 atom stereocenters. The summed E-state index contributed by atoms with van der Waals surface area (Å²) in [5.74, 6) is 0.382. The Balaban J connectivity index is 2.28. The van der Waals surface area contributed by atoms with Crippen molar-refractivity contribution in [2.24, 2.45) is 0 Å². The van der Waals surface area contributed by atoms with E-state index in [0.29, 0.717) is 21.4 Å². The van der Waals surface area contributed by atoms with Crippen LogP contribution in [-0.4, -0.2) is 4.21 Å². The molecule has 2 aromatic carbocycles. The van der Waals surface area contributed by atoms with Crippen molar-refractivity contribution in [3.05, 3.63) is 58.6 Å². The van der Waals surface area contributed by atoms with Gasteiger partial charge in [0.25, 0.3) is 0 Å². The number of halogens is 1. The van der Waals surface area contributed by atoms with Crippen molar-refractivity contribution in [3.63, 3.8) is 0 Å². The lowest BCUT2D eigenvalue weighted by atomic mass is 10.2. The van der Waals surface area contributed by atoms with Gasteiger partial charge in [-0.25, -0.2) is 0 Å². The summed E-state index contributed by atoms with van der Waals surface area (Å²) in [7, 11) is -1.18. The van der Waals surface area contributed by atoms with Crippen LogP contribution in [0.15, 0.2) is 47.4 Å². The van der Waals surface area contributed by atoms with Crippen LogP contribution in [0.3, 0.4) is 0 Å². The fourth-order valence-corrected chi connectivity index (χ4v) is 3.29. The van der Waals surface area contributed by atoms with Crippen LogP contribution in [-0.2, 0) is 16.6 Å². The molecule has 0 spiro atoms. The molecule has 0 saturated carbocycles. The van der Waals surface area contributed by atoms with Gasteiger partial charge in [-0.2, -0.15) is 0 Å². The summed E-state index contributed by atoms with van der Waals surface area (Å²) in [4.78, 5) is 0.676. The third-order valence-electron chi connectivity index (χ3n) is 2.77. The van der Waals surface area contributed by atoms with E-state index >= 15 is 0 Å². The Morgan fingerprint density at radius 1 is 1.17 bits per heavy atom. The molecular formula is C14H14ClNOS. The average molecular weight is 280 g/mol. The number of nitrogen functional groups attached to an aromatic ring is 1. The molecule has 0 bridgehead atoms. The fraction of sp³-hybridized carbons (Fsp3) is 0.143. The first-order valence-corrected chi connectivity index (χ1v) is 7.26. The van der Waals surface area contributed by atoms with Crippen LogP contribution in [0.5, 0.6) is 0 Å². The third-order valence-corrected chi connectivity index (χ3v) is 4.56. The Morgan fingerprint density at radius 3 is 2.61 bits per heavy atom. The summed E-state index contributed by atoms with van der Waals surface area (Å²) in [5.41, 5.74) is 8.37. The van der Waals surface area contributed by atoms with Crippen LogP contribution < -0.4 is 5.73 Å². The van der Waals surface area contributed by atoms with Gasteiger partial charge < -0.3 is 5.73 Å². The minimum Gasteiger partial charge on any atom is -0.398 e. The molecule has 2 rings (SSSR count). The summed E-state index contributed by atoms with van der Waals surface area (Å²) < 4.78 is 12.3. The maximum atomic E-state index is 12.3. The van der Waals surface area contributed by atoms with Crippen molar-refractivity contribution in [1.82, 2.24) is 0 Å². The normalized spacial score (nSPS) is 12.3. The summed E-state index contributed by atoms with van der Waals surface area (Å²) >= 11 is 6.06. The van der Waals surface area contributed by atoms with Crippen molar-refractivity contribution in [3.8, 4) is 0 Å². The fourth-order valence-electron chi connectivity index (χ4n) is 1.69. The van der Waals surface area contributed by atoms with Gasteiger partial charge in [0.1, 0.15) is 0 Å². The van der Waals surface area contributed by atoms with Crippen molar-refractivity contribution in [2.45, 2.75) is 17.6 Å². The van der Waals surface area contributed by atoms with E-state index in [-0.39, 0.29) is 0 Å². The zero-order valence-corrected chi connectivity index (χ0v) is 11.6. The van der Waals surface area contributed by atoms with Crippen molar-refractivity contribution < 1.29 is 4.21 Å². The van der Waals surface area contributed by atoms with E-state index in [2.05, 4.69) is 0 Å². The van der Waals surface area contributed by atoms with Crippen molar-refractivity contribution >= 4 is 28.1 Å². The van der Waals surface area contributed by atoms with E-state index in [1.807, 2.05) is 37.3 Å². The number of hydrogen-bond acceptors (Lipinski definition) is 2. The van der Waals surface area contributed by atoms with Gasteiger partial charge in [-0.1, -0.05) is 41.9 Å². The second-order valence-corrected chi connectivity index (χ2v) is 5.89. The first-order valence-electron chi connectivity index (χ1n) is 5.56. The zero-order chi connectivity index (χ0) is 13.1. The lowest BCUT2D eigenvalue weighted by molar-refractivity contribution is 0.683. The molecule has 0 heterocycles. The van der Waals surface area contributed by atoms with Gasteiger partial charge in [0.2, 0.25) is 0 Å². The molecular weight excluding hydrogens is 266 g/mol. The quantitative estimate of drug-likeness (QED) is 0.874. The van der Waals surface area contributed by atoms with Crippen molar-refractivity contribution in [2.75, 3.05) is 5.73 Å². The second kappa shape index (κ2) is 5.55. The number of hydrogen-bond donors (Lipinski definition) is 1. The Bertz CT molecular complexity index is 598. The molecule has 0 amide bonds. The van der Waals surface area contributed by atoms with Crippen molar-refractivity contribution in [1.29, 1.82) is 0 Å². The Morgan fingerprint density at radius 2 is 1.89 bits per heavy atom. The van der Waals surface area contributed by atoms with E-state index in [1.165, 1.54) is 0 Å². The molecule has 2 aromatic rings. The lowest BCUT2D eigenvalue weighted by Crippen LogP contribution is -2.02. The van der Waals surface area contributed by atoms with Crippen LogP contribution in [0.2, 0.25) is 5.02 Å². The number of anilines is 1. The molecule has 2 nitrogen and oxygen atoms in total. The van der Waals surface area contributed by atoms with Crippen LogP contribution in [0.4, 0.5) is 5.69 Å². The Labute approximate surface area is 114 Å². The molecule has 0 aliphatic heterocycles. The molecule has 18 heavy (non-hydrogen) atoms. The smallest absolute Gasteiger partial charge is 0.0623 e. The first-order chi connectivity index (χ1) is 8.59. The molecule has 0 aliphatic rings. The van der Waals surface area contributed by atoms with Gasteiger partial charge in [0, 0.05) is 5.02 Å². The highest BCUT2D eigenvalue weighted by atomic mass is 35.5. The molecule has 94 valence electrons. The molecule has 0 radical (unpaired) electrons. The standard InChI is InChI=1S/C14H14ClNOS/c1-10-5-4-8-13(14(10)16)18(17)9-11-6-2-3-7-12(11)15/h2-8H,9,16H2,1H3. The SMILES string of the molecule is Cc1cccc(S(=O)Cc2ccccc2Cl)c1N. The largest absolute Gasteiger partial charge is 0.398 e. The van der Waals surface area contributed by atoms with Crippen LogP contribution in [0, 0.1) is 6.92 Å². The lowest BCUT2D eigenvalue weighted by Gasteiger charge is -2.09. The van der Waals surface area contributed by atoms with E-state index < -0.39 is 10.8 Å². The Hall–Kier alpha value is -1.32. The predicted molar refractivity (Wildman–Crippen MR) is 77.2 cm³/mol. The van der Waals surface area contributed by atoms with E-state index in [1.54, 1.807) is 12.1 Å². The average Bonchev–Trinajstić information content (AvgIpc) is 2.35. The maximum absolute atomic E-state index is 12.3. The van der Waals surface area contributed by atoms with E-state index in [0.717, 1.165) is 11.1 Å². The zero-order valence-electron chi connectivity index (χ0n) is 10.0. The van der Waals surface area contributed by atoms with Gasteiger partial charge in [-0.15, -0.1) is 0 Å². The van der Waals surface area contributed by atoms with Crippen LogP contribution in [0.1, 0.15) is 11.1 Å². The first kappa shape index (κ1) is 13.1. The summed E-state index contributed by atoms with van der Waals surface area (Å²) in [6.45, 7) is 1.91. The second-order valence-electron chi connectivity index (χ2n) is 4.07. The van der Waals surface area contributed by atoms with Gasteiger partial charge in [0.05, 0.1) is 27.1 Å². The molecule has 0 aliphatic carbocycles. The van der Waals surface area contributed by atoms with E-state index in [4.69, 9.17) is 17.3 Å². The molecule has 0 saturated heterocycles. The highest BCUT2D eigenvalue weighted by Crippen LogP contribution is 2.24. The van der Waals surface area contributed by atoms with E-state index in [9.17, 15) is 4.21 Å². The molecule has 0 fully saturated rings. The number of aryl methyl sites for hydroxylation is 1. The minimum atomic E-state index is -1.18. The van der Waals surface area contributed by atoms with Crippen LogP contribution >= 0.6 is 11.6 Å². The van der Waals surface area contributed by atoms with Gasteiger partial charge in [-0.05, 0) is 30.2 Å². The molecule has 2 N–H and O–H groups in total. The number of nitrogens with two attached hydrogens (primary N) is 1. The van der Waals surface area contributed by atoms with Crippen LogP contribution in [0.25, 0.3) is 0 Å². The van der Waals surface area contributed by atoms with Gasteiger partial charge >= 0.3 is 0 Å². The number of benzene rings is 2. The number of rotatable bonds is 3. The summed E-state index contributed by atoms with van der Waals surface area (Å²) in [5, 5.41) is 0.636. The minimum absolute atomic E-state index is 0.382. The van der Waals surface area contributed by atoms with Gasteiger partial charge in [0.15, 0.2) is 0 Å². The highest BCUT2D eigenvalue weighted by molar-refractivity contribution is 7.84. The molecule has 0 aromatic heterocycles. The third kappa shape index (κ3) is 2.74. The summed E-state index contributed by atoms with van der Waals surface area (Å²) in [6.07, 6.45) is 0. The Kier molecular flexibility index (Phi) is 4.04. The molecule has 1 unspecified atom stereocenters. The maximum Gasteiger partial charge on any atom is 0.0623 e. The predicted octanol–water partition coefficient (Wildman–Crippen LogP) is 3.54. The monoisotopic (exact) mass is 279 g/mol. The van der Waals surface area contributed by atoms with Gasteiger partial charge in [-0.3, -0.25) is 4.21 Å².